The summed E-state index contributed by atoms with van der Waals surface area (Å²) in [5.41, 5.74) is 1.72. The van der Waals surface area contributed by atoms with Crippen LogP contribution in [0.15, 0.2) is 40.9 Å². The molecule has 104 valence electrons. The molecule has 4 nitrogen and oxygen atoms in total. The number of rotatable bonds is 3. The number of aromatic hydroxyl groups is 1. The van der Waals surface area contributed by atoms with Gasteiger partial charge in [-0.15, -0.1) is 0 Å². The van der Waals surface area contributed by atoms with Crippen LogP contribution in [0.2, 0.25) is 0 Å². The minimum Gasteiger partial charge on any atom is -0.507 e. The standard InChI is InChI=1S/C15H14BrNO3/c1-9-3-5-11(13(18)7-9)15(19)17-10-4-6-12(16)14(8-10)20-2/h3-8,18H,1-2H3,(H,17,19). The van der Waals surface area contributed by atoms with E-state index in [2.05, 4.69) is 21.2 Å². The Hall–Kier alpha value is -2.01. The van der Waals surface area contributed by atoms with E-state index in [1.807, 2.05) is 6.92 Å². The summed E-state index contributed by atoms with van der Waals surface area (Å²) in [6.07, 6.45) is 0. The Labute approximate surface area is 125 Å². The maximum Gasteiger partial charge on any atom is 0.259 e. The van der Waals surface area contributed by atoms with E-state index in [1.165, 1.54) is 0 Å². The number of hydrogen-bond acceptors (Lipinski definition) is 3. The van der Waals surface area contributed by atoms with Crippen LogP contribution in [0.1, 0.15) is 15.9 Å². The Morgan fingerprint density at radius 3 is 2.65 bits per heavy atom. The van der Waals surface area contributed by atoms with Crippen LogP contribution in [0.3, 0.4) is 0 Å². The number of hydrogen-bond donors (Lipinski definition) is 2. The first kappa shape index (κ1) is 14.4. The van der Waals surface area contributed by atoms with E-state index in [9.17, 15) is 9.90 Å². The average molecular weight is 336 g/mol. The highest BCUT2D eigenvalue weighted by atomic mass is 79.9. The van der Waals surface area contributed by atoms with Gasteiger partial charge in [0.2, 0.25) is 0 Å². The molecule has 20 heavy (non-hydrogen) atoms. The molecule has 2 aromatic rings. The molecule has 0 heterocycles. The van der Waals surface area contributed by atoms with Crippen molar-refractivity contribution in [2.75, 3.05) is 12.4 Å². The van der Waals surface area contributed by atoms with Crippen molar-refractivity contribution in [2.45, 2.75) is 6.92 Å². The predicted octanol–water partition coefficient (Wildman–Crippen LogP) is 3.72. The number of carbonyl (C=O) groups is 1. The Morgan fingerprint density at radius 1 is 1.25 bits per heavy atom. The van der Waals surface area contributed by atoms with Crippen LogP contribution in [0.4, 0.5) is 5.69 Å². The molecule has 0 saturated carbocycles. The lowest BCUT2D eigenvalue weighted by Crippen LogP contribution is -2.12. The van der Waals surface area contributed by atoms with Crippen molar-refractivity contribution in [3.63, 3.8) is 0 Å². The fraction of sp³-hybridized carbons (Fsp3) is 0.133. The highest BCUT2D eigenvalue weighted by Gasteiger charge is 2.12. The van der Waals surface area contributed by atoms with Gasteiger partial charge in [0.25, 0.3) is 5.91 Å². The number of nitrogens with one attached hydrogen (secondary N) is 1. The van der Waals surface area contributed by atoms with E-state index in [0.29, 0.717) is 11.4 Å². The third-order valence-corrected chi connectivity index (χ3v) is 3.46. The van der Waals surface area contributed by atoms with Gasteiger partial charge in [0.1, 0.15) is 11.5 Å². The number of ether oxygens (including phenoxy) is 1. The third-order valence-electron chi connectivity index (χ3n) is 2.81. The smallest absolute Gasteiger partial charge is 0.259 e. The van der Waals surface area contributed by atoms with E-state index in [1.54, 1.807) is 43.5 Å². The van der Waals surface area contributed by atoms with E-state index in [-0.39, 0.29) is 17.2 Å². The van der Waals surface area contributed by atoms with Gasteiger partial charge < -0.3 is 15.2 Å². The van der Waals surface area contributed by atoms with Gasteiger partial charge >= 0.3 is 0 Å². The number of phenolic OH excluding ortho intramolecular Hbond substituents is 1. The van der Waals surface area contributed by atoms with Crippen LogP contribution in [0, 0.1) is 6.92 Å². The molecule has 0 aliphatic rings. The Balaban J connectivity index is 2.23. The van der Waals surface area contributed by atoms with Gasteiger partial charge in [-0.3, -0.25) is 4.79 Å². The van der Waals surface area contributed by atoms with E-state index < -0.39 is 0 Å². The minimum atomic E-state index is -0.369. The van der Waals surface area contributed by atoms with Gasteiger partial charge in [0.05, 0.1) is 17.1 Å². The van der Waals surface area contributed by atoms with Gasteiger partial charge in [-0.25, -0.2) is 0 Å². The predicted molar refractivity (Wildman–Crippen MR) is 81.5 cm³/mol. The molecule has 0 aliphatic heterocycles. The summed E-state index contributed by atoms with van der Waals surface area (Å²) in [7, 11) is 1.55. The zero-order chi connectivity index (χ0) is 14.7. The number of phenols is 1. The maximum atomic E-state index is 12.1. The van der Waals surface area contributed by atoms with Crippen molar-refractivity contribution in [1.82, 2.24) is 0 Å². The summed E-state index contributed by atoms with van der Waals surface area (Å²) in [4.78, 5) is 12.1. The molecule has 0 unspecified atom stereocenters. The molecule has 2 N–H and O–H groups in total. The number of aryl methyl sites for hydroxylation is 1. The highest BCUT2D eigenvalue weighted by Crippen LogP contribution is 2.28. The molecule has 0 radical (unpaired) electrons. The zero-order valence-corrected chi connectivity index (χ0v) is 12.7. The fourth-order valence-corrected chi connectivity index (χ4v) is 2.18. The second kappa shape index (κ2) is 5.96. The third kappa shape index (κ3) is 3.11. The number of methoxy groups -OCH3 is 1. The van der Waals surface area contributed by atoms with Gasteiger partial charge in [-0.1, -0.05) is 6.07 Å². The number of amides is 1. The summed E-state index contributed by atoms with van der Waals surface area (Å²) in [6.45, 7) is 1.85. The molecule has 0 atom stereocenters. The van der Waals surface area contributed by atoms with Crippen LogP contribution in [0.25, 0.3) is 0 Å². The first-order valence-corrected chi connectivity index (χ1v) is 6.75. The lowest BCUT2D eigenvalue weighted by atomic mass is 10.1. The Morgan fingerprint density at radius 2 is 2.00 bits per heavy atom. The van der Waals surface area contributed by atoms with Crippen molar-refractivity contribution >= 4 is 27.5 Å². The van der Waals surface area contributed by atoms with Crippen molar-refractivity contribution in [3.8, 4) is 11.5 Å². The van der Waals surface area contributed by atoms with Crippen LogP contribution < -0.4 is 10.1 Å². The molecule has 2 aromatic carbocycles. The molecule has 0 aromatic heterocycles. The van der Waals surface area contributed by atoms with Crippen LogP contribution >= 0.6 is 15.9 Å². The Bertz CT molecular complexity index is 656. The van der Waals surface area contributed by atoms with Gasteiger partial charge in [0.15, 0.2) is 0 Å². The second-order valence-electron chi connectivity index (χ2n) is 4.32. The first-order valence-electron chi connectivity index (χ1n) is 5.96. The summed E-state index contributed by atoms with van der Waals surface area (Å²) in [6, 6.07) is 10.1. The van der Waals surface area contributed by atoms with E-state index in [4.69, 9.17) is 4.74 Å². The average Bonchev–Trinajstić information content (AvgIpc) is 2.40. The molecule has 0 spiro atoms. The molecule has 0 fully saturated rings. The number of anilines is 1. The molecule has 2 rings (SSSR count). The zero-order valence-electron chi connectivity index (χ0n) is 11.1. The van der Waals surface area contributed by atoms with Crippen molar-refractivity contribution in [1.29, 1.82) is 0 Å². The molecule has 0 bridgehead atoms. The summed E-state index contributed by atoms with van der Waals surface area (Å²) < 4.78 is 5.97. The SMILES string of the molecule is COc1cc(NC(=O)c2ccc(C)cc2O)ccc1Br. The molecule has 0 aliphatic carbocycles. The maximum absolute atomic E-state index is 12.1. The molecular weight excluding hydrogens is 322 g/mol. The van der Waals surface area contributed by atoms with Gasteiger partial charge in [0, 0.05) is 11.8 Å². The summed E-state index contributed by atoms with van der Waals surface area (Å²) in [5, 5.41) is 12.5. The van der Waals surface area contributed by atoms with E-state index in [0.717, 1.165) is 10.0 Å². The summed E-state index contributed by atoms with van der Waals surface area (Å²) >= 11 is 3.34. The minimum absolute atomic E-state index is 0.0356. The topological polar surface area (TPSA) is 58.6 Å². The van der Waals surface area contributed by atoms with Gasteiger partial charge in [-0.05, 0) is 52.7 Å². The van der Waals surface area contributed by atoms with Crippen LogP contribution in [-0.2, 0) is 0 Å². The van der Waals surface area contributed by atoms with Gasteiger partial charge in [-0.2, -0.15) is 0 Å². The molecular formula is C15H14BrNO3. The molecule has 5 heteroatoms. The Kier molecular flexibility index (Phi) is 4.29. The second-order valence-corrected chi connectivity index (χ2v) is 5.18. The van der Waals surface area contributed by atoms with E-state index >= 15 is 0 Å². The van der Waals surface area contributed by atoms with Crippen molar-refractivity contribution in [3.05, 3.63) is 52.0 Å². The van der Waals surface area contributed by atoms with Crippen LogP contribution in [0.5, 0.6) is 11.5 Å². The van der Waals surface area contributed by atoms with Crippen molar-refractivity contribution in [2.24, 2.45) is 0 Å². The lowest BCUT2D eigenvalue weighted by molar-refractivity contribution is 0.102. The number of benzene rings is 2. The highest BCUT2D eigenvalue weighted by molar-refractivity contribution is 9.10. The number of halogens is 1. The summed E-state index contributed by atoms with van der Waals surface area (Å²) in [5.74, 6) is 0.217. The molecule has 0 saturated heterocycles. The largest absolute Gasteiger partial charge is 0.507 e. The monoisotopic (exact) mass is 335 g/mol. The normalized spacial score (nSPS) is 10.2. The first-order chi connectivity index (χ1) is 9.51. The quantitative estimate of drug-likeness (QED) is 0.898. The lowest BCUT2D eigenvalue weighted by Gasteiger charge is -2.09. The fourth-order valence-electron chi connectivity index (χ4n) is 1.77. The van der Waals surface area contributed by atoms with Crippen molar-refractivity contribution < 1.29 is 14.6 Å². The molecule has 1 amide bonds. The van der Waals surface area contributed by atoms with Crippen LogP contribution in [-0.4, -0.2) is 18.1 Å². The number of carbonyl (C=O) groups excluding carboxylic acids is 1.